The average molecular weight is 254 g/mol. The minimum atomic E-state index is -1.08. The average Bonchev–Trinajstić information content (AvgIpc) is 2.28. The molecule has 2 amide bonds. The molecule has 0 aliphatic heterocycles. The Hall–Kier alpha value is -1.69. The van der Waals surface area contributed by atoms with Crippen LogP contribution in [0.1, 0.15) is 5.56 Å². The molecule has 4 N–H and O–H groups in total. The van der Waals surface area contributed by atoms with Gasteiger partial charge in [0.05, 0.1) is 0 Å². The van der Waals surface area contributed by atoms with Gasteiger partial charge in [-0.1, -0.05) is 30.3 Å². The van der Waals surface area contributed by atoms with Gasteiger partial charge in [0, 0.05) is 11.5 Å². The van der Waals surface area contributed by atoms with Crippen LogP contribution in [0.4, 0.5) is 4.79 Å². The molecule has 0 aliphatic carbocycles. The number of nitrogens with one attached hydrogen (secondary N) is 1. The van der Waals surface area contributed by atoms with Gasteiger partial charge in [-0.25, -0.2) is 9.59 Å². The van der Waals surface area contributed by atoms with E-state index in [9.17, 15) is 9.59 Å². The van der Waals surface area contributed by atoms with Gasteiger partial charge in [0.2, 0.25) is 0 Å². The lowest BCUT2D eigenvalue weighted by Gasteiger charge is -2.12. The standard InChI is InChI=1S/C11H14N2O3S/c12-11(16)13-9(10(14)15)7-17-6-8-4-2-1-3-5-8/h1-5,9H,6-7H2,(H,14,15)(H3,12,13,16). The maximum atomic E-state index is 10.8. The van der Waals surface area contributed by atoms with Crippen molar-refractivity contribution in [3.8, 4) is 0 Å². The van der Waals surface area contributed by atoms with E-state index in [4.69, 9.17) is 10.8 Å². The molecule has 0 saturated heterocycles. The minimum Gasteiger partial charge on any atom is -0.480 e. The van der Waals surface area contributed by atoms with E-state index in [0.29, 0.717) is 5.75 Å². The molecule has 0 saturated carbocycles. The fourth-order valence-corrected chi connectivity index (χ4v) is 2.22. The maximum Gasteiger partial charge on any atom is 0.327 e. The Kier molecular flexibility index (Phi) is 5.35. The van der Waals surface area contributed by atoms with Crippen molar-refractivity contribution in [3.63, 3.8) is 0 Å². The first-order chi connectivity index (χ1) is 8.09. The number of amides is 2. The lowest BCUT2D eigenvalue weighted by molar-refractivity contribution is -0.138. The highest BCUT2D eigenvalue weighted by Crippen LogP contribution is 2.12. The number of primary amides is 1. The van der Waals surface area contributed by atoms with Gasteiger partial charge in [0.15, 0.2) is 0 Å². The third-order valence-electron chi connectivity index (χ3n) is 2.01. The van der Waals surface area contributed by atoms with E-state index in [2.05, 4.69) is 5.32 Å². The number of carbonyl (C=O) groups is 2. The van der Waals surface area contributed by atoms with E-state index in [-0.39, 0.29) is 5.75 Å². The van der Waals surface area contributed by atoms with Crippen molar-refractivity contribution < 1.29 is 14.7 Å². The third kappa shape index (κ3) is 5.26. The molecule has 1 atom stereocenters. The van der Waals surface area contributed by atoms with Crippen LogP contribution in [0.2, 0.25) is 0 Å². The zero-order valence-corrected chi connectivity index (χ0v) is 9.94. The molecule has 0 aliphatic rings. The largest absolute Gasteiger partial charge is 0.480 e. The van der Waals surface area contributed by atoms with Crippen LogP contribution >= 0.6 is 11.8 Å². The van der Waals surface area contributed by atoms with E-state index in [0.717, 1.165) is 5.56 Å². The number of hydrogen-bond acceptors (Lipinski definition) is 3. The monoisotopic (exact) mass is 254 g/mol. The van der Waals surface area contributed by atoms with Crippen LogP contribution in [0.15, 0.2) is 30.3 Å². The molecule has 1 aromatic rings. The van der Waals surface area contributed by atoms with E-state index >= 15 is 0 Å². The molecule has 17 heavy (non-hydrogen) atoms. The van der Waals surface area contributed by atoms with Crippen molar-refractivity contribution in [2.24, 2.45) is 5.73 Å². The van der Waals surface area contributed by atoms with Gasteiger partial charge in [0.25, 0.3) is 0 Å². The second-order valence-electron chi connectivity index (χ2n) is 3.40. The van der Waals surface area contributed by atoms with Crippen LogP contribution in [0.3, 0.4) is 0 Å². The van der Waals surface area contributed by atoms with E-state index < -0.39 is 18.0 Å². The summed E-state index contributed by atoms with van der Waals surface area (Å²) in [6, 6.07) is 7.93. The van der Waals surface area contributed by atoms with Gasteiger partial charge < -0.3 is 16.2 Å². The lowest BCUT2D eigenvalue weighted by atomic mass is 10.2. The lowest BCUT2D eigenvalue weighted by Crippen LogP contribution is -2.45. The van der Waals surface area contributed by atoms with Gasteiger partial charge in [-0.3, -0.25) is 0 Å². The fraction of sp³-hybridized carbons (Fsp3) is 0.273. The number of hydrogen-bond donors (Lipinski definition) is 3. The number of aliphatic carboxylic acids is 1. The first kappa shape index (κ1) is 13.4. The summed E-state index contributed by atoms with van der Waals surface area (Å²) < 4.78 is 0. The maximum absolute atomic E-state index is 10.8. The highest BCUT2D eigenvalue weighted by Gasteiger charge is 2.18. The molecular formula is C11H14N2O3S. The van der Waals surface area contributed by atoms with Gasteiger partial charge in [0.1, 0.15) is 6.04 Å². The number of carboxylic acids is 1. The summed E-state index contributed by atoms with van der Waals surface area (Å²) in [7, 11) is 0. The summed E-state index contributed by atoms with van der Waals surface area (Å²) in [5.41, 5.74) is 6.00. The second kappa shape index (κ2) is 6.80. The number of nitrogens with two attached hydrogens (primary N) is 1. The molecule has 1 rings (SSSR count). The van der Waals surface area contributed by atoms with Crippen molar-refractivity contribution in [2.45, 2.75) is 11.8 Å². The predicted octanol–water partition coefficient (Wildman–Crippen LogP) is 1.04. The highest BCUT2D eigenvalue weighted by atomic mass is 32.2. The molecule has 5 nitrogen and oxygen atoms in total. The Bertz CT molecular complexity index is 384. The summed E-state index contributed by atoms with van der Waals surface area (Å²) >= 11 is 1.43. The van der Waals surface area contributed by atoms with Gasteiger partial charge in [-0.15, -0.1) is 0 Å². The first-order valence-electron chi connectivity index (χ1n) is 5.00. The van der Waals surface area contributed by atoms with Gasteiger partial charge in [-0.05, 0) is 5.56 Å². The Balaban J connectivity index is 2.37. The number of carboxylic acid groups (broad SMARTS) is 1. The molecular weight excluding hydrogens is 240 g/mol. The summed E-state index contributed by atoms with van der Waals surface area (Å²) in [6.07, 6.45) is 0. The number of urea groups is 1. The van der Waals surface area contributed by atoms with Crippen LogP contribution in [0.25, 0.3) is 0 Å². The Labute approximate surface area is 103 Å². The van der Waals surface area contributed by atoms with Crippen molar-refractivity contribution in [1.82, 2.24) is 5.32 Å². The molecule has 6 heteroatoms. The SMILES string of the molecule is NC(=O)NC(CSCc1ccccc1)C(=O)O. The molecule has 0 heterocycles. The van der Waals surface area contributed by atoms with Crippen molar-refractivity contribution in [3.05, 3.63) is 35.9 Å². The molecule has 0 spiro atoms. The van der Waals surface area contributed by atoms with Crippen LogP contribution < -0.4 is 11.1 Å². The normalized spacial score (nSPS) is 11.8. The Morgan fingerprint density at radius 2 is 2.00 bits per heavy atom. The van der Waals surface area contributed by atoms with E-state index in [1.165, 1.54) is 11.8 Å². The number of benzene rings is 1. The molecule has 92 valence electrons. The molecule has 0 radical (unpaired) electrons. The van der Waals surface area contributed by atoms with Crippen molar-refractivity contribution in [2.75, 3.05) is 5.75 Å². The van der Waals surface area contributed by atoms with Crippen LogP contribution in [0.5, 0.6) is 0 Å². The Morgan fingerprint density at radius 1 is 1.35 bits per heavy atom. The van der Waals surface area contributed by atoms with Crippen LogP contribution in [0, 0.1) is 0 Å². The minimum absolute atomic E-state index is 0.285. The van der Waals surface area contributed by atoms with Crippen LogP contribution in [-0.4, -0.2) is 28.9 Å². The smallest absolute Gasteiger partial charge is 0.327 e. The molecule has 0 fully saturated rings. The molecule has 1 aromatic carbocycles. The van der Waals surface area contributed by atoms with E-state index in [1.807, 2.05) is 30.3 Å². The second-order valence-corrected chi connectivity index (χ2v) is 4.43. The molecule has 0 aromatic heterocycles. The van der Waals surface area contributed by atoms with Gasteiger partial charge in [-0.2, -0.15) is 11.8 Å². The van der Waals surface area contributed by atoms with Crippen molar-refractivity contribution in [1.29, 1.82) is 0 Å². The summed E-state index contributed by atoms with van der Waals surface area (Å²) in [5, 5.41) is 11.0. The number of rotatable bonds is 6. The molecule has 1 unspecified atom stereocenters. The highest BCUT2D eigenvalue weighted by molar-refractivity contribution is 7.98. The Morgan fingerprint density at radius 3 is 2.53 bits per heavy atom. The third-order valence-corrected chi connectivity index (χ3v) is 3.12. The van der Waals surface area contributed by atoms with E-state index in [1.54, 1.807) is 0 Å². The van der Waals surface area contributed by atoms with Gasteiger partial charge >= 0.3 is 12.0 Å². The number of thioether (sulfide) groups is 1. The zero-order valence-electron chi connectivity index (χ0n) is 9.13. The predicted molar refractivity (Wildman–Crippen MR) is 66.7 cm³/mol. The fourth-order valence-electron chi connectivity index (χ4n) is 1.22. The topological polar surface area (TPSA) is 92.4 Å². The zero-order chi connectivity index (χ0) is 12.7. The summed E-state index contributed by atoms with van der Waals surface area (Å²) in [5.74, 6) is -0.0949. The first-order valence-corrected chi connectivity index (χ1v) is 6.15. The quantitative estimate of drug-likeness (QED) is 0.707. The van der Waals surface area contributed by atoms with Crippen LogP contribution in [-0.2, 0) is 10.5 Å². The number of carbonyl (C=O) groups excluding carboxylic acids is 1. The summed E-state index contributed by atoms with van der Waals surface area (Å²) in [4.78, 5) is 21.4. The summed E-state index contributed by atoms with van der Waals surface area (Å²) in [6.45, 7) is 0. The molecule has 0 bridgehead atoms. The van der Waals surface area contributed by atoms with Crippen molar-refractivity contribution >= 4 is 23.8 Å².